The molecule has 1 heterocycles. The third-order valence-corrected chi connectivity index (χ3v) is 3.09. The van der Waals surface area contributed by atoms with Crippen LogP contribution >= 0.6 is 0 Å². The Morgan fingerprint density at radius 1 is 1.10 bits per heavy atom. The van der Waals surface area contributed by atoms with Crippen molar-refractivity contribution in [2.24, 2.45) is 10.2 Å². The molecule has 104 valence electrons. The highest BCUT2D eigenvalue weighted by molar-refractivity contribution is 6.00. The first-order valence-corrected chi connectivity index (χ1v) is 6.27. The molecule has 0 spiro atoms. The molecule has 0 aliphatic rings. The lowest BCUT2D eigenvalue weighted by Gasteiger charge is -1.98. The highest BCUT2D eigenvalue weighted by atomic mass is 16.3. The van der Waals surface area contributed by atoms with Crippen molar-refractivity contribution in [3.63, 3.8) is 0 Å². The zero-order valence-corrected chi connectivity index (χ0v) is 10.9. The lowest BCUT2D eigenvalue weighted by atomic mass is 10.2. The van der Waals surface area contributed by atoms with Gasteiger partial charge in [0.2, 0.25) is 5.88 Å². The number of nitrogen functional groups attached to an aromatic ring is 1. The number of carbonyl (C=O) groups excluding carboxylic acids is 1. The molecule has 0 radical (unpaired) electrons. The van der Waals surface area contributed by atoms with Crippen LogP contribution in [0, 0.1) is 0 Å². The van der Waals surface area contributed by atoms with E-state index in [1.807, 2.05) is 12.1 Å². The molecule has 0 saturated carbocycles. The molecule has 0 atom stereocenters. The van der Waals surface area contributed by atoms with Crippen molar-refractivity contribution in [3.8, 4) is 5.88 Å². The van der Waals surface area contributed by atoms with Gasteiger partial charge in [0, 0.05) is 11.1 Å². The van der Waals surface area contributed by atoms with Gasteiger partial charge in [0.05, 0.1) is 11.1 Å². The molecule has 0 aliphatic carbocycles. The number of para-hydroxylation sites is 2. The first-order chi connectivity index (χ1) is 10.2. The van der Waals surface area contributed by atoms with Crippen molar-refractivity contribution >= 4 is 28.2 Å². The monoisotopic (exact) mass is 280 g/mol. The maximum absolute atomic E-state index is 12.0. The Morgan fingerprint density at radius 3 is 2.62 bits per heavy atom. The molecule has 4 N–H and O–H groups in total. The molecule has 0 aliphatic heterocycles. The van der Waals surface area contributed by atoms with Crippen molar-refractivity contribution in [3.05, 3.63) is 54.1 Å². The molecule has 6 heteroatoms. The molecule has 21 heavy (non-hydrogen) atoms. The largest absolute Gasteiger partial charge is 0.493 e. The number of azo groups is 1. The fourth-order valence-corrected chi connectivity index (χ4v) is 2.06. The van der Waals surface area contributed by atoms with Crippen LogP contribution in [0.15, 0.2) is 58.8 Å². The van der Waals surface area contributed by atoms with Crippen molar-refractivity contribution in [2.75, 3.05) is 5.73 Å². The van der Waals surface area contributed by atoms with Gasteiger partial charge in [-0.05, 0) is 18.2 Å². The highest BCUT2D eigenvalue weighted by Gasteiger charge is 2.12. The number of aromatic nitrogens is 1. The minimum absolute atomic E-state index is 0.131. The fourth-order valence-electron chi connectivity index (χ4n) is 2.06. The number of aromatic hydroxyl groups is 1. The number of benzene rings is 2. The van der Waals surface area contributed by atoms with Crippen LogP contribution in [0.5, 0.6) is 5.88 Å². The van der Waals surface area contributed by atoms with Gasteiger partial charge in [-0.3, -0.25) is 4.79 Å². The number of nitrogens with one attached hydrogen (secondary N) is 1. The van der Waals surface area contributed by atoms with Crippen LogP contribution in [0.1, 0.15) is 10.4 Å². The number of hydrogen-bond donors (Lipinski definition) is 3. The molecular weight excluding hydrogens is 268 g/mol. The summed E-state index contributed by atoms with van der Waals surface area (Å²) in [5.74, 6) is -0.688. The van der Waals surface area contributed by atoms with E-state index in [4.69, 9.17) is 5.73 Å². The van der Waals surface area contributed by atoms with Gasteiger partial charge in [0.1, 0.15) is 0 Å². The Kier molecular flexibility index (Phi) is 3.12. The van der Waals surface area contributed by atoms with Crippen molar-refractivity contribution in [1.29, 1.82) is 0 Å². The quantitative estimate of drug-likeness (QED) is 0.495. The minimum atomic E-state index is -0.558. The number of H-pyrrole nitrogens is 1. The molecule has 0 saturated heterocycles. The molecule has 0 unspecified atom stereocenters. The predicted molar refractivity (Wildman–Crippen MR) is 79.7 cm³/mol. The summed E-state index contributed by atoms with van der Waals surface area (Å²) in [6, 6.07) is 13.8. The van der Waals surface area contributed by atoms with E-state index in [0.717, 1.165) is 5.52 Å². The topological polar surface area (TPSA) is 104 Å². The van der Waals surface area contributed by atoms with E-state index in [-0.39, 0.29) is 17.1 Å². The number of amides is 1. The van der Waals surface area contributed by atoms with Crippen molar-refractivity contribution in [2.45, 2.75) is 0 Å². The van der Waals surface area contributed by atoms with Crippen molar-refractivity contribution in [1.82, 2.24) is 4.98 Å². The molecule has 6 nitrogen and oxygen atoms in total. The van der Waals surface area contributed by atoms with E-state index in [1.54, 1.807) is 36.4 Å². The predicted octanol–water partition coefficient (Wildman–Crippen LogP) is 3.38. The second-order valence-corrected chi connectivity index (χ2v) is 4.46. The summed E-state index contributed by atoms with van der Waals surface area (Å²) in [5, 5.41) is 18.0. The van der Waals surface area contributed by atoms with Gasteiger partial charge in [-0.15, -0.1) is 10.2 Å². The smallest absolute Gasteiger partial charge is 0.297 e. The summed E-state index contributed by atoms with van der Waals surface area (Å²) in [6.45, 7) is 0. The van der Waals surface area contributed by atoms with Crippen LogP contribution in [0.3, 0.4) is 0 Å². The number of fused-ring (bicyclic) bond motifs is 1. The Labute approximate surface area is 119 Å². The van der Waals surface area contributed by atoms with E-state index in [2.05, 4.69) is 15.2 Å². The lowest BCUT2D eigenvalue weighted by Crippen LogP contribution is -1.99. The Morgan fingerprint density at radius 2 is 1.81 bits per heavy atom. The minimum Gasteiger partial charge on any atom is -0.493 e. The molecular formula is C15H12N4O2. The number of rotatable bonds is 2. The maximum Gasteiger partial charge on any atom is 0.297 e. The number of nitrogens with zero attached hydrogens (tertiary/aromatic N) is 2. The Balaban J connectivity index is 1.97. The average Bonchev–Trinajstić information content (AvgIpc) is 2.81. The molecule has 3 aromatic rings. The van der Waals surface area contributed by atoms with Gasteiger partial charge in [0.25, 0.3) is 5.91 Å². The summed E-state index contributed by atoms with van der Waals surface area (Å²) < 4.78 is 0. The van der Waals surface area contributed by atoms with Crippen LogP contribution < -0.4 is 5.73 Å². The van der Waals surface area contributed by atoms with E-state index >= 15 is 0 Å². The first-order valence-electron chi connectivity index (χ1n) is 6.27. The second kappa shape index (κ2) is 5.09. The fraction of sp³-hybridized carbons (Fsp3) is 0. The van der Waals surface area contributed by atoms with Gasteiger partial charge in [0.15, 0.2) is 5.69 Å². The van der Waals surface area contributed by atoms with Crippen LogP contribution in [-0.2, 0) is 0 Å². The Hall–Kier alpha value is -3.15. The normalized spacial score (nSPS) is 11.2. The molecule has 1 aromatic heterocycles. The number of hydrogen-bond acceptors (Lipinski definition) is 4. The number of carbonyl (C=O) groups is 1. The summed E-state index contributed by atoms with van der Waals surface area (Å²) in [6.07, 6.45) is 0. The molecule has 2 aromatic carbocycles. The van der Waals surface area contributed by atoms with E-state index in [1.165, 1.54) is 0 Å². The molecule has 0 fully saturated rings. The van der Waals surface area contributed by atoms with Gasteiger partial charge >= 0.3 is 0 Å². The third-order valence-electron chi connectivity index (χ3n) is 3.09. The van der Waals surface area contributed by atoms with E-state index in [9.17, 15) is 9.90 Å². The molecule has 3 rings (SSSR count). The van der Waals surface area contributed by atoms with Crippen LogP contribution in [0.2, 0.25) is 0 Å². The zero-order chi connectivity index (χ0) is 14.8. The van der Waals surface area contributed by atoms with Crippen molar-refractivity contribution < 1.29 is 9.90 Å². The summed E-state index contributed by atoms with van der Waals surface area (Å²) >= 11 is 0. The molecule has 1 amide bonds. The maximum atomic E-state index is 12.0. The SMILES string of the molecule is Nc1ccccc1C(=O)N=Nc1c(O)[nH]c2ccccc12. The number of anilines is 1. The zero-order valence-electron chi connectivity index (χ0n) is 10.9. The van der Waals surface area contributed by atoms with Gasteiger partial charge in [-0.25, -0.2) is 0 Å². The van der Waals surface area contributed by atoms with Gasteiger partial charge in [-0.2, -0.15) is 0 Å². The van der Waals surface area contributed by atoms with Gasteiger partial charge in [-0.1, -0.05) is 30.3 Å². The van der Waals surface area contributed by atoms with E-state index < -0.39 is 5.91 Å². The first kappa shape index (κ1) is 12.9. The Bertz CT molecular complexity index is 852. The van der Waals surface area contributed by atoms with E-state index in [0.29, 0.717) is 11.1 Å². The second-order valence-electron chi connectivity index (χ2n) is 4.46. The van der Waals surface area contributed by atoms with Crippen LogP contribution in [0.25, 0.3) is 10.9 Å². The third kappa shape index (κ3) is 2.34. The number of nitrogens with two attached hydrogens (primary N) is 1. The summed E-state index contributed by atoms with van der Waals surface area (Å²) in [5.41, 5.74) is 7.28. The van der Waals surface area contributed by atoms with Gasteiger partial charge < -0.3 is 15.8 Å². The summed E-state index contributed by atoms with van der Waals surface area (Å²) in [7, 11) is 0. The van der Waals surface area contributed by atoms with Crippen LogP contribution in [0.4, 0.5) is 11.4 Å². The lowest BCUT2D eigenvalue weighted by molar-refractivity contribution is 0.0996. The number of aromatic amines is 1. The average molecular weight is 280 g/mol. The van der Waals surface area contributed by atoms with Crippen LogP contribution in [-0.4, -0.2) is 16.0 Å². The highest BCUT2D eigenvalue weighted by Crippen LogP contribution is 2.35. The standard InChI is InChI=1S/C15H12N4O2/c16-11-7-3-1-5-9(11)14(20)19-18-13-10-6-2-4-8-12(10)17-15(13)21/h1-8,17,21H,16H2. The molecule has 0 bridgehead atoms. The summed E-state index contributed by atoms with van der Waals surface area (Å²) in [4.78, 5) is 14.7.